The van der Waals surface area contributed by atoms with E-state index in [9.17, 15) is 4.79 Å². The predicted molar refractivity (Wildman–Crippen MR) is 37.7 cm³/mol. The molecule has 10 heavy (non-hydrogen) atoms. The van der Waals surface area contributed by atoms with Gasteiger partial charge in [0.2, 0.25) is 0 Å². The first-order valence-corrected chi connectivity index (χ1v) is 3.39. The highest BCUT2D eigenvalue weighted by Gasteiger charge is 2.05. The van der Waals surface area contributed by atoms with E-state index in [0.29, 0.717) is 0 Å². The highest BCUT2D eigenvalue weighted by Crippen LogP contribution is 1.93. The molecule has 0 fully saturated rings. The molecule has 0 spiro atoms. The molecule has 1 N–H and O–H groups in total. The summed E-state index contributed by atoms with van der Waals surface area (Å²) in [6.07, 6.45) is 0. The Labute approximate surface area is 61.0 Å². The van der Waals surface area contributed by atoms with Gasteiger partial charge in [-0.1, -0.05) is 13.8 Å². The van der Waals surface area contributed by atoms with Crippen LogP contribution in [0.1, 0.15) is 13.8 Å². The van der Waals surface area contributed by atoms with Crippen LogP contribution in [0.15, 0.2) is 0 Å². The summed E-state index contributed by atoms with van der Waals surface area (Å²) in [5.41, 5.74) is 0. The van der Waals surface area contributed by atoms with E-state index in [1.54, 1.807) is 0 Å². The van der Waals surface area contributed by atoms with E-state index in [1.165, 1.54) is 0 Å². The Morgan fingerprint density at radius 3 is 2.60 bits per heavy atom. The first-order valence-electron chi connectivity index (χ1n) is 3.39. The average Bonchev–Trinajstić information content (AvgIpc) is 1.88. The third-order valence-corrected chi connectivity index (χ3v) is 1.12. The zero-order valence-electron chi connectivity index (χ0n) is 6.46. The van der Waals surface area contributed by atoms with Crippen LogP contribution in [0.3, 0.4) is 0 Å². The SMILES string of the molecule is CC(C)C(=O)COCCO. The van der Waals surface area contributed by atoms with Gasteiger partial charge in [-0.2, -0.15) is 0 Å². The van der Waals surface area contributed by atoms with Crippen LogP contribution in [0.5, 0.6) is 0 Å². The summed E-state index contributed by atoms with van der Waals surface area (Å²) < 4.78 is 4.81. The van der Waals surface area contributed by atoms with E-state index in [-0.39, 0.29) is 31.5 Å². The summed E-state index contributed by atoms with van der Waals surface area (Å²) in [5.74, 6) is 0.104. The molecule has 0 atom stereocenters. The number of hydrogen-bond donors (Lipinski definition) is 1. The fraction of sp³-hybridized carbons (Fsp3) is 0.857. The monoisotopic (exact) mass is 146 g/mol. The molecule has 0 aromatic carbocycles. The summed E-state index contributed by atoms with van der Waals surface area (Å²) in [4.78, 5) is 10.8. The van der Waals surface area contributed by atoms with Gasteiger partial charge in [0.1, 0.15) is 6.61 Å². The molecule has 0 heterocycles. The molecular formula is C7H14O3. The van der Waals surface area contributed by atoms with E-state index in [2.05, 4.69) is 0 Å². The standard InChI is InChI=1S/C7H14O3/c1-6(2)7(9)5-10-4-3-8/h6,8H,3-5H2,1-2H3. The lowest BCUT2D eigenvalue weighted by Crippen LogP contribution is -2.16. The fourth-order valence-electron chi connectivity index (χ4n) is 0.404. The molecule has 0 bridgehead atoms. The van der Waals surface area contributed by atoms with E-state index in [1.807, 2.05) is 13.8 Å². The minimum absolute atomic E-state index is 0.0224. The Morgan fingerprint density at radius 1 is 1.60 bits per heavy atom. The van der Waals surface area contributed by atoms with Crippen molar-refractivity contribution in [2.45, 2.75) is 13.8 Å². The maximum Gasteiger partial charge on any atom is 0.160 e. The fourth-order valence-corrected chi connectivity index (χ4v) is 0.404. The van der Waals surface area contributed by atoms with Crippen LogP contribution in [0.2, 0.25) is 0 Å². The number of hydrogen-bond acceptors (Lipinski definition) is 3. The van der Waals surface area contributed by atoms with Gasteiger partial charge >= 0.3 is 0 Å². The van der Waals surface area contributed by atoms with Gasteiger partial charge in [-0.05, 0) is 0 Å². The normalized spacial score (nSPS) is 10.4. The first kappa shape index (κ1) is 9.59. The highest BCUT2D eigenvalue weighted by molar-refractivity contribution is 5.81. The maximum absolute atomic E-state index is 10.8. The predicted octanol–water partition coefficient (Wildman–Crippen LogP) is 0.220. The number of aliphatic hydroxyl groups excluding tert-OH is 1. The third kappa shape index (κ3) is 4.47. The lowest BCUT2D eigenvalue weighted by Gasteiger charge is -2.03. The van der Waals surface area contributed by atoms with E-state index >= 15 is 0 Å². The number of aliphatic hydroxyl groups is 1. The quantitative estimate of drug-likeness (QED) is 0.564. The van der Waals surface area contributed by atoms with Gasteiger partial charge in [0.05, 0.1) is 13.2 Å². The average molecular weight is 146 g/mol. The van der Waals surface area contributed by atoms with Gasteiger partial charge in [-0.15, -0.1) is 0 Å². The Hall–Kier alpha value is -0.410. The van der Waals surface area contributed by atoms with Crippen molar-refractivity contribution < 1.29 is 14.6 Å². The zero-order valence-corrected chi connectivity index (χ0v) is 6.46. The summed E-state index contributed by atoms with van der Waals surface area (Å²) >= 11 is 0. The molecule has 3 nitrogen and oxygen atoms in total. The molecule has 0 aliphatic heterocycles. The highest BCUT2D eigenvalue weighted by atomic mass is 16.5. The summed E-state index contributed by atoms with van der Waals surface area (Å²) in [7, 11) is 0. The van der Waals surface area contributed by atoms with E-state index in [0.717, 1.165) is 0 Å². The molecule has 0 saturated carbocycles. The van der Waals surface area contributed by atoms with Gasteiger partial charge in [0, 0.05) is 5.92 Å². The van der Waals surface area contributed by atoms with Crippen LogP contribution in [0, 0.1) is 5.92 Å². The number of ketones is 1. The van der Waals surface area contributed by atoms with Crippen molar-refractivity contribution in [3.05, 3.63) is 0 Å². The van der Waals surface area contributed by atoms with Crippen molar-refractivity contribution in [1.29, 1.82) is 0 Å². The lowest BCUT2D eigenvalue weighted by atomic mass is 10.1. The molecule has 0 saturated heterocycles. The molecule has 0 aromatic rings. The second-order valence-electron chi connectivity index (χ2n) is 2.40. The van der Waals surface area contributed by atoms with Crippen molar-refractivity contribution in [2.75, 3.05) is 19.8 Å². The second kappa shape index (κ2) is 5.38. The Balaban J connectivity index is 3.22. The largest absolute Gasteiger partial charge is 0.394 e. The Morgan fingerprint density at radius 2 is 2.20 bits per heavy atom. The minimum Gasteiger partial charge on any atom is -0.394 e. The van der Waals surface area contributed by atoms with Gasteiger partial charge in [0.15, 0.2) is 5.78 Å². The number of carbonyl (C=O) groups is 1. The summed E-state index contributed by atoms with van der Waals surface area (Å²) in [6, 6.07) is 0. The maximum atomic E-state index is 10.8. The Kier molecular flexibility index (Phi) is 5.16. The molecule has 0 amide bonds. The molecular weight excluding hydrogens is 132 g/mol. The number of Topliss-reactive ketones (excluding diaryl/α,β-unsaturated/α-hetero) is 1. The van der Waals surface area contributed by atoms with Crippen molar-refractivity contribution in [3.63, 3.8) is 0 Å². The Bertz CT molecular complexity index is 99.0. The van der Waals surface area contributed by atoms with Crippen molar-refractivity contribution in [3.8, 4) is 0 Å². The first-order chi connectivity index (χ1) is 4.68. The zero-order chi connectivity index (χ0) is 7.98. The van der Waals surface area contributed by atoms with Gasteiger partial charge in [-0.25, -0.2) is 0 Å². The number of rotatable bonds is 5. The van der Waals surface area contributed by atoms with E-state index in [4.69, 9.17) is 9.84 Å². The van der Waals surface area contributed by atoms with Crippen molar-refractivity contribution in [2.24, 2.45) is 5.92 Å². The van der Waals surface area contributed by atoms with Crippen LogP contribution in [0.25, 0.3) is 0 Å². The molecule has 0 aliphatic carbocycles. The van der Waals surface area contributed by atoms with Crippen LogP contribution in [-0.4, -0.2) is 30.7 Å². The van der Waals surface area contributed by atoms with Crippen molar-refractivity contribution >= 4 is 5.78 Å². The van der Waals surface area contributed by atoms with Crippen LogP contribution >= 0.6 is 0 Å². The van der Waals surface area contributed by atoms with E-state index < -0.39 is 0 Å². The minimum atomic E-state index is -0.0224. The van der Waals surface area contributed by atoms with Gasteiger partial charge in [-0.3, -0.25) is 4.79 Å². The number of ether oxygens (including phenoxy) is 1. The third-order valence-electron chi connectivity index (χ3n) is 1.12. The van der Waals surface area contributed by atoms with Crippen LogP contribution < -0.4 is 0 Å². The number of carbonyl (C=O) groups excluding carboxylic acids is 1. The van der Waals surface area contributed by atoms with Crippen LogP contribution in [0.4, 0.5) is 0 Å². The summed E-state index contributed by atoms with van der Waals surface area (Å²) in [5, 5.41) is 8.28. The molecule has 0 unspecified atom stereocenters. The smallest absolute Gasteiger partial charge is 0.160 e. The molecule has 0 radical (unpaired) electrons. The van der Waals surface area contributed by atoms with Crippen molar-refractivity contribution in [1.82, 2.24) is 0 Å². The molecule has 0 aromatic heterocycles. The van der Waals surface area contributed by atoms with Gasteiger partial charge in [0.25, 0.3) is 0 Å². The summed E-state index contributed by atoms with van der Waals surface area (Å²) in [6.45, 7) is 4.00. The molecule has 0 rings (SSSR count). The van der Waals surface area contributed by atoms with Crippen LogP contribution in [-0.2, 0) is 9.53 Å². The molecule has 3 heteroatoms. The molecule has 60 valence electrons. The second-order valence-corrected chi connectivity index (χ2v) is 2.40. The lowest BCUT2D eigenvalue weighted by molar-refractivity contribution is -0.126. The molecule has 0 aliphatic rings. The van der Waals surface area contributed by atoms with Gasteiger partial charge < -0.3 is 9.84 Å². The topological polar surface area (TPSA) is 46.5 Å².